The zero-order valence-corrected chi connectivity index (χ0v) is 11.5. The molecule has 104 valence electrons. The number of aromatic nitrogens is 1. The summed E-state index contributed by atoms with van der Waals surface area (Å²) in [6, 6.07) is 4.10. The van der Waals surface area contributed by atoms with Crippen molar-refractivity contribution >= 4 is 34.8 Å². The van der Waals surface area contributed by atoms with Gasteiger partial charge in [0.15, 0.2) is 10.7 Å². The summed E-state index contributed by atoms with van der Waals surface area (Å²) in [6.45, 7) is 0.140. The van der Waals surface area contributed by atoms with Crippen LogP contribution in [-0.4, -0.2) is 22.0 Å². The van der Waals surface area contributed by atoms with E-state index in [1.165, 1.54) is 23.6 Å². The number of hydrogen-bond donors (Lipinski definition) is 2. The molecule has 0 aliphatic carbocycles. The number of carboxylic acid groups (broad SMARTS) is 1. The van der Waals surface area contributed by atoms with Gasteiger partial charge in [-0.25, -0.2) is 14.2 Å². The highest BCUT2D eigenvalue weighted by Crippen LogP contribution is 2.16. The molecule has 0 unspecified atom stereocenters. The van der Waals surface area contributed by atoms with Gasteiger partial charge in [0.05, 0.1) is 5.02 Å². The minimum absolute atomic E-state index is 0.0286. The third-order valence-electron chi connectivity index (χ3n) is 2.35. The molecule has 2 aromatic rings. The summed E-state index contributed by atoms with van der Waals surface area (Å²) in [5.41, 5.74) is 0.449. The predicted molar refractivity (Wildman–Crippen MR) is 71.7 cm³/mol. The highest BCUT2D eigenvalue weighted by molar-refractivity contribution is 7.11. The third-order valence-corrected chi connectivity index (χ3v) is 3.49. The molecule has 1 aromatic carbocycles. The first-order valence-electron chi connectivity index (χ1n) is 5.38. The lowest BCUT2D eigenvalue weighted by molar-refractivity contribution is 0.0691. The first-order valence-corrected chi connectivity index (χ1v) is 6.64. The Kier molecular flexibility index (Phi) is 4.31. The fourth-order valence-corrected chi connectivity index (χ4v) is 2.29. The van der Waals surface area contributed by atoms with Gasteiger partial charge < -0.3 is 10.4 Å². The lowest BCUT2D eigenvalue weighted by atomic mass is 10.2. The van der Waals surface area contributed by atoms with E-state index in [-0.39, 0.29) is 22.3 Å². The summed E-state index contributed by atoms with van der Waals surface area (Å²) in [4.78, 5) is 26.1. The minimum Gasteiger partial charge on any atom is -0.476 e. The first-order chi connectivity index (χ1) is 9.47. The Hall–Kier alpha value is -1.99. The van der Waals surface area contributed by atoms with Crippen LogP contribution in [0.25, 0.3) is 0 Å². The highest BCUT2D eigenvalue weighted by atomic mass is 35.5. The van der Waals surface area contributed by atoms with E-state index in [1.54, 1.807) is 0 Å². The third kappa shape index (κ3) is 3.31. The molecular formula is C12H8ClFN2O3S. The molecule has 8 heteroatoms. The summed E-state index contributed by atoms with van der Waals surface area (Å²) in [7, 11) is 0. The van der Waals surface area contributed by atoms with Gasteiger partial charge in [0, 0.05) is 11.9 Å². The van der Waals surface area contributed by atoms with E-state index in [2.05, 4.69) is 10.3 Å². The maximum atomic E-state index is 13.0. The molecule has 0 aliphatic heterocycles. The normalized spacial score (nSPS) is 10.3. The van der Waals surface area contributed by atoms with Crippen molar-refractivity contribution < 1.29 is 19.1 Å². The van der Waals surface area contributed by atoms with E-state index >= 15 is 0 Å². The summed E-state index contributed by atoms with van der Waals surface area (Å²) in [5.74, 6) is -2.22. The molecule has 1 amide bonds. The molecule has 0 atom stereocenters. The van der Waals surface area contributed by atoms with Crippen LogP contribution in [0.4, 0.5) is 4.39 Å². The number of thiazole rings is 1. The van der Waals surface area contributed by atoms with Crippen LogP contribution in [-0.2, 0) is 6.54 Å². The molecule has 0 saturated heterocycles. The van der Waals surface area contributed by atoms with Crippen LogP contribution < -0.4 is 5.32 Å². The van der Waals surface area contributed by atoms with Crippen LogP contribution in [0.15, 0.2) is 23.6 Å². The van der Waals surface area contributed by atoms with Crippen LogP contribution in [0.2, 0.25) is 5.02 Å². The van der Waals surface area contributed by atoms with Crippen LogP contribution in [0.5, 0.6) is 0 Å². The summed E-state index contributed by atoms with van der Waals surface area (Å²) < 4.78 is 13.0. The number of amides is 1. The highest BCUT2D eigenvalue weighted by Gasteiger charge is 2.14. The van der Waals surface area contributed by atoms with E-state index in [9.17, 15) is 14.0 Å². The van der Waals surface area contributed by atoms with Gasteiger partial charge in [-0.15, -0.1) is 11.3 Å². The Morgan fingerprint density at radius 1 is 1.45 bits per heavy atom. The van der Waals surface area contributed by atoms with Crippen molar-refractivity contribution in [2.75, 3.05) is 0 Å². The zero-order valence-electron chi connectivity index (χ0n) is 9.89. The van der Waals surface area contributed by atoms with Crippen molar-refractivity contribution in [3.05, 3.63) is 50.7 Å². The quantitative estimate of drug-likeness (QED) is 0.909. The number of rotatable bonds is 4. The van der Waals surface area contributed by atoms with E-state index < -0.39 is 17.7 Å². The standard InChI is InChI=1S/C12H8ClFN2O3S/c13-7-3-6(1-2-8(7)14)4-15-10(17)11-16-9(5-20-11)12(18)19/h1-3,5H,4H2,(H,15,17)(H,18,19). The fourth-order valence-electron chi connectivity index (χ4n) is 1.38. The van der Waals surface area contributed by atoms with Gasteiger partial charge in [-0.2, -0.15) is 0 Å². The number of carboxylic acids is 1. The van der Waals surface area contributed by atoms with Gasteiger partial charge in [-0.1, -0.05) is 17.7 Å². The Morgan fingerprint density at radius 3 is 2.80 bits per heavy atom. The van der Waals surface area contributed by atoms with Gasteiger partial charge >= 0.3 is 5.97 Å². The van der Waals surface area contributed by atoms with E-state index in [1.807, 2.05) is 0 Å². The Labute approximate surface area is 122 Å². The summed E-state index contributed by atoms with van der Waals surface area (Å²) >= 11 is 6.56. The molecule has 0 aliphatic rings. The molecule has 0 bridgehead atoms. The van der Waals surface area contributed by atoms with Gasteiger partial charge in [0.2, 0.25) is 0 Å². The molecule has 2 N–H and O–H groups in total. The van der Waals surface area contributed by atoms with Gasteiger partial charge in [-0.05, 0) is 17.7 Å². The molecule has 20 heavy (non-hydrogen) atoms. The second kappa shape index (κ2) is 5.98. The Balaban J connectivity index is 2.00. The van der Waals surface area contributed by atoms with Gasteiger partial charge in [-0.3, -0.25) is 4.79 Å². The molecule has 1 aromatic heterocycles. The molecule has 1 heterocycles. The molecule has 0 spiro atoms. The number of carbonyl (C=O) groups excluding carboxylic acids is 1. The van der Waals surface area contributed by atoms with Crippen LogP contribution in [0, 0.1) is 5.82 Å². The fraction of sp³-hybridized carbons (Fsp3) is 0.0833. The van der Waals surface area contributed by atoms with Crippen molar-refractivity contribution in [3.8, 4) is 0 Å². The average Bonchev–Trinajstić information content (AvgIpc) is 2.89. The summed E-state index contributed by atoms with van der Waals surface area (Å²) in [6.07, 6.45) is 0. The molecular weight excluding hydrogens is 307 g/mol. The molecule has 2 rings (SSSR count). The smallest absolute Gasteiger partial charge is 0.355 e. The monoisotopic (exact) mass is 314 g/mol. The molecule has 0 radical (unpaired) electrons. The van der Waals surface area contributed by atoms with Crippen LogP contribution >= 0.6 is 22.9 Å². The number of nitrogens with zero attached hydrogens (tertiary/aromatic N) is 1. The second-order valence-electron chi connectivity index (χ2n) is 3.77. The van der Waals surface area contributed by atoms with Crippen molar-refractivity contribution in [1.29, 1.82) is 0 Å². The molecule has 5 nitrogen and oxygen atoms in total. The number of hydrogen-bond acceptors (Lipinski definition) is 4. The second-order valence-corrected chi connectivity index (χ2v) is 5.04. The van der Waals surface area contributed by atoms with Crippen molar-refractivity contribution in [1.82, 2.24) is 10.3 Å². The van der Waals surface area contributed by atoms with Crippen molar-refractivity contribution in [2.45, 2.75) is 6.54 Å². The SMILES string of the molecule is O=C(O)c1csc(C(=O)NCc2ccc(F)c(Cl)c2)n1. The number of aromatic carboxylic acids is 1. The molecule has 0 saturated carbocycles. The maximum absolute atomic E-state index is 13.0. The number of carbonyl (C=O) groups is 2. The summed E-state index contributed by atoms with van der Waals surface area (Å²) in [5, 5.41) is 12.6. The predicted octanol–water partition coefficient (Wildman–Crippen LogP) is 2.56. The molecule has 0 fully saturated rings. The maximum Gasteiger partial charge on any atom is 0.355 e. The van der Waals surface area contributed by atoms with E-state index in [0.717, 1.165) is 11.3 Å². The van der Waals surface area contributed by atoms with E-state index in [4.69, 9.17) is 16.7 Å². The average molecular weight is 315 g/mol. The van der Waals surface area contributed by atoms with Crippen molar-refractivity contribution in [3.63, 3.8) is 0 Å². The largest absolute Gasteiger partial charge is 0.476 e. The van der Waals surface area contributed by atoms with Crippen LogP contribution in [0.3, 0.4) is 0 Å². The first kappa shape index (κ1) is 14.4. The van der Waals surface area contributed by atoms with E-state index in [0.29, 0.717) is 5.56 Å². The Bertz CT molecular complexity index is 674. The zero-order chi connectivity index (χ0) is 14.7. The van der Waals surface area contributed by atoms with Gasteiger partial charge in [0.1, 0.15) is 5.82 Å². The number of nitrogens with one attached hydrogen (secondary N) is 1. The Morgan fingerprint density at radius 2 is 2.20 bits per heavy atom. The minimum atomic E-state index is -1.19. The lowest BCUT2D eigenvalue weighted by Crippen LogP contribution is -2.22. The van der Waals surface area contributed by atoms with Crippen LogP contribution in [0.1, 0.15) is 25.9 Å². The van der Waals surface area contributed by atoms with Crippen molar-refractivity contribution in [2.24, 2.45) is 0 Å². The van der Waals surface area contributed by atoms with Gasteiger partial charge in [0.25, 0.3) is 5.91 Å². The lowest BCUT2D eigenvalue weighted by Gasteiger charge is -2.04. The number of halogens is 2. The topological polar surface area (TPSA) is 79.3 Å². The number of benzene rings is 1.